The Morgan fingerprint density at radius 1 is 1.53 bits per heavy atom. The molecule has 2 rings (SSSR count). The van der Waals surface area contributed by atoms with Crippen molar-refractivity contribution in [2.75, 3.05) is 12.4 Å². The van der Waals surface area contributed by atoms with Crippen molar-refractivity contribution in [1.29, 1.82) is 0 Å². The summed E-state index contributed by atoms with van der Waals surface area (Å²) in [7, 11) is 1.55. The Kier molecular flexibility index (Phi) is 4.01. The number of methoxy groups -OCH3 is 1. The van der Waals surface area contributed by atoms with Crippen molar-refractivity contribution in [3.05, 3.63) is 39.8 Å². The van der Waals surface area contributed by atoms with Crippen LogP contribution in [0.4, 0.5) is 5.69 Å². The van der Waals surface area contributed by atoms with Crippen LogP contribution in [0.1, 0.15) is 20.9 Å². The van der Waals surface area contributed by atoms with E-state index in [0.29, 0.717) is 18.0 Å². The topological polar surface area (TPSA) is 71.5 Å². The van der Waals surface area contributed by atoms with Crippen LogP contribution in [-0.4, -0.2) is 23.2 Å². The first-order valence-corrected chi connectivity index (χ1v) is 6.54. The molecule has 1 aromatic carbocycles. The molecule has 2 aromatic rings. The van der Waals surface area contributed by atoms with E-state index >= 15 is 0 Å². The fourth-order valence-electron chi connectivity index (χ4n) is 1.65. The minimum Gasteiger partial charge on any atom is -0.495 e. The predicted octanol–water partition coefficient (Wildman–Crippen LogP) is 2.77. The molecule has 0 bridgehead atoms. The summed E-state index contributed by atoms with van der Waals surface area (Å²) in [6, 6.07) is 4.73. The molecule has 0 aliphatic heterocycles. The molecular weight excluding hydrogens is 264 g/mol. The molecule has 0 aliphatic carbocycles. The van der Waals surface area contributed by atoms with Crippen molar-refractivity contribution in [2.45, 2.75) is 13.5 Å². The van der Waals surface area contributed by atoms with Gasteiger partial charge in [0.05, 0.1) is 36.1 Å². The molecule has 0 atom stereocenters. The van der Waals surface area contributed by atoms with Crippen LogP contribution in [0.5, 0.6) is 5.75 Å². The van der Waals surface area contributed by atoms with Gasteiger partial charge in [0.1, 0.15) is 5.75 Å². The molecule has 0 fully saturated rings. The Bertz CT molecular complexity index is 595. The summed E-state index contributed by atoms with van der Waals surface area (Å²) >= 11 is 1.56. The van der Waals surface area contributed by atoms with Gasteiger partial charge < -0.3 is 15.2 Å². The molecule has 0 saturated heterocycles. The number of ether oxygens (including phenoxy) is 1. The van der Waals surface area contributed by atoms with Gasteiger partial charge in [-0.25, -0.2) is 9.78 Å². The standard InChI is InChI=1S/C13H14N2O3S/c1-8-12(19-7-15-8)6-14-10-5-9(13(16)17)3-4-11(10)18-2/h3-5,7,14H,6H2,1-2H3,(H,16,17). The molecule has 100 valence electrons. The quantitative estimate of drug-likeness (QED) is 0.880. The average Bonchev–Trinajstić information content (AvgIpc) is 2.81. The maximum Gasteiger partial charge on any atom is 0.335 e. The molecule has 2 N–H and O–H groups in total. The molecule has 0 unspecified atom stereocenters. The normalized spacial score (nSPS) is 10.2. The van der Waals surface area contributed by atoms with Crippen molar-refractivity contribution in [3.63, 3.8) is 0 Å². The van der Waals surface area contributed by atoms with Gasteiger partial charge in [-0.3, -0.25) is 0 Å². The van der Waals surface area contributed by atoms with Crippen LogP contribution >= 0.6 is 11.3 Å². The van der Waals surface area contributed by atoms with E-state index in [0.717, 1.165) is 10.6 Å². The van der Waals surface area contributed by atoms with E-state index in [-0.39, 0.29) is 5.56 Å². The lowest BCUT2D eigenvalue weighted by Gasteiger charge is -2.11. The van der Waals surface area contributed by atoms with E-state index in [1.165, 1.54) is 6.07 Å². The van der Waals surface area contributed by atoms with E-state index in [2.05, 4.69) is 10.3 Å². The fraction of sp³-hybridized carbons (Fsp3) is 0.231. The highest BCUT2D eigenvalue weighted by atomic mass is 32.1. The number of nitrogens with one attached hydrogen (secondary N) is 1. The van der Waals surface area contributed by atoms with Gasteiger partial charge in [-0.15, -0.1) is 11.3 Å². The zero-order chi connectivity index (χ0) is 13.8. The van der Waals surface area contributed by atoms with Gasteiger partial charge in [0.15, 0.2) is 0 Å². The molecule has 19 heavy (non-hydrogen) atoms. The van der Waals surface area contributed by atoms with Crippen molar-refractivity contribution in [3.8, 4) is 5.75 Å². The number of hydrogen-bond acceptors (Lipinski definition) is 5. The van der Waals surface area contributed by atoms with E-state index in [1.807, 2.05) is 6.92 Å². The lowest BCUT2D eigenvalue weighted by Crippen LogP contribution is -2.04. The van der Waals surface area contributed by atoms with Gasteiger partial charge in [0.2, 0.25) is 0 Å². The maximum absolute atomic E-state index is 11.0. The monoisotopic (exact) mass is 278 g/mol. The molecule has 1 aromatic heterocycles. The summed E-state index contributed by atoms with van der Waals surface area (Å²) in [4.78, 5) is 16.2. The van der Waals surface area contributed by atoms with Crippen molar-refractivity contribution in [1.82, 2.24) is 4.98 Å². The Hall–Kier alpha value is -2.08. The average molecular weight is 278 g/mol. The van der Waals surface area contributed by atoms with Gasteiger partial charge in [0, 0.05) is 4.88 Å². The number of aromatic nitrogens is 1. The Labute approximate surface area is 114 Å². The van der Waals surface area contributed by atoms with Crippen LogP contribution in [0.15, 0.2) is 23.7 Å². The zero-order valence-electron chi connectivity index (χ0n) is 10.6. The summed E-state index contributed by atoms with van der Waals surface area (Å²) < 4.78 is 5.21. The first-order chi connectivity index (χ1) is 9.11. The molecule has 0 spiro atoms. The number of carboxylic acid groups (broad SMARTS) is 1. The summed E-state index contributed by atoms with van der Waals surface area (Å²) in [5.74, 6) is -0.341. The molecule has 5 nitrogen and oxygen atoms in total. The number of nitrogens with zero attached hydrogens (tertiary/aromatic N) is 1. The number of anilines is 1. The van der Waals surface area contributed by atoms with Crippen LogP contribution in [-0.2, 0) is 6.54 Å². The molecular formula is C13H14N2O3S. The number of aromatic carboxylic acids is 1. The maximum atomic E-state index is 11.0. The zero-order valence-corrected chi connectivity index (χ0v) is 11.5. The third-order valence-electron chi connectivity index (χ3n) is 2.73. The highest BCUT2D eigenvalue weighted by molar-refractivity contribution is 7.09. The van der Waals surface area contributed by atoms with E-state index in [9.17, 15) is 4.79 Å². The van der Waals surface area contributed by atoms with Gasteiger partial charge in [-0.05, 0) is 25.1 Å². The van der Waals surface area contributed by atoms with Gasteiger partial charge in [-0.1, -0.05) is 0 Å². The largest absolute Gasteiger partial charge is 0.495 e. The number of carboxylic acids is 1. The third-order valence-corrected chi connectivity index (χ3v) is 3.67. The lowest BCUT2D eigenvalue weighted by atomic mass is 10.2. The van der Waals surface area contributed by atoms with Crippen LogP contribution < -0.4 is 10.1 Å². The van der Waals surface area contributed by atoms with Crippen LogP contribution in [0, 0.1) is 6.92 Å². The molecule has 1 heterocycles. The summed E-state index contributed by atoms with van der Waals surface area (Å²) in [6.07, 6.45) is 0. The number of thiazole rings is 1. The SMILES string of the molecule is COc1ccc(C(=O)O)cc1NCc1scnc1C. The first-order valence-electron chi connectivity index (χ1n) is 5.66. The van der Waals surface area contributed by atoms with Crippen LogP contribution in [0.3, 0.4) is 0 Å². The van der Waals surface area contributed by atoms with E-state index < -0.39 is 5.97 Å². The number of rotatable bonds is 5. The third kappa shape index (κ3) is 3.03. The smallest absolute Gasteiger partial charge is 0.335 e. The van der Waals surface area contributed by atoms with E-state index in [4.69, 9.17) is 9.84 Å². The van der Waals surface area contributed by atoms with Crippen LogP contribution in [0.2, 0.25) is 0 Å². The van der Waals surface area contributed by atoms with Crippen LogP contribution in [0.25, 0.3) is 0 Å². The highest BCUT2D eigenvalue weighted by Crippen LogP contribution is 2.26. The number of carbonyl (C=O) groups is 1. The molecule has 0 aliphatic rings. The second-order valence-electron chi connectivity index (χ2n) is 3.93. The lowest BCUT2D eigenvalue weighted by molar-refractivity contribution is 0.0697. The second-order valence-corrected chi connectivity index (χ2v) is 4.87. The summed E-state index contributed by atoms with van der Waals surface area (Å²) in [6.45, 7) is 2.54. The first kappa shape index (κ1) is 13.4. The Morgan fingerprint density at radius 3 is 2.89 bits per heavy atom. The van der Waals surface area contributed by atoms with Gasteiger partial charge in [0.25, 0.3) is 0 Å². The molecule has 6 heteroatoms. The number of benzene rings is 1. The minimum atomic E-state index is -0.959. The highest BCUT2D eigenvalue weighted by Gasteiger charge is 2.09. The molecule has 0 saturated carbocycles. The molecule has 0 amide bonds. The minimum absolute atomic E-state index is 0.226. The predicted molar refractivity (Wildman–Crippen MR) is 74.1 cm³/mol. The number of hydrogen-bond donors (Lipinski definition) is 2. The second kappa shape index (κ2) is 5.71. The summed E-state index contributed by atoms with van der Waals surface area (Å²) in [5.41, 5.74) is 3.66. The van der Waals surface area contributed by atoms with E-state index in [1.54, 1.807) is 36.1 Å². The van der Waals surface area contributed by atoms with Crippen molar-refractivity contribution < 1.29 is 14.6 Å². The van der Waals surface area contributed by atoms with Crippen molar-refractivity contribution >= 4 is 23.0 Å². The molecule has 0 radical (unpaired) electrons. The van der Waals surface area contributed by atoms with Gasteiger partial charge in [-0.2, -0.15) is 0 Å². The fourth-order valence-corrected chi connectivity index (χ4v) is 2.37. The number of aryl methyl sites for hydroxylation is 1. The van der Waals surface area contributed by atoms with Gasteiger partial charge >= 0.3 is 5.97 Å². The Balaban J connectivity index is 2.20. The van der Waals surface area contributed by atoms with Crippen molar-refractivity contribution in [2.24, 2.45) is 0 Å². The summed E-state index contributed by atoms with van der Waals surface area (Å²) in [5, 5.41) is 12.2. The Morgan fingerprint density at radius 2 is 2.32 bits per heavy atom.